The van der Waals surface area contributed by atoms with Gasteiger partial charge in [-0.05, 0) is 37.0 Å². The summed E-state index contributed by atoms with van der Waals surface area (Å²) in [5, 5.41) is 4.35. The van der Waals surface area contributed by atoms with Crippen LogP contribution < -0.4 is 0 Å². The summed E-state index contributed by atoms with van der Waals surface area (Å²) in [4.78, 5) is 0.317. The Morgan fingerprint density at radius 3 is 2.08 bits per heavy atom. The van der Waals surface area contributed by atoms with Crippen molar-refractivity contribution >= 4 is 10.0 Å². The number of benzene rings is 1. The fraction of sp³-hybridized carbons (Fsp3) is 0.500. The van der Waals surface area contributed by atoms with E-state index < -0.39 is 10.0 Å². The van der Waals surface area contributed by atoms with Gasteiger partial charge in [-0.3, -0.25) is 4.68 Å². The Hall–Kier alpha value is -1.66. The molecule has 6 heteroatoms. The molecular weight excluding hydrogens is 322 g/mol. The van der Waals surface area contributed by atoms with Gasteiger partial charge >= 0.3 is 0 Å². The van der Waals surface area contributed by atoms with E-state index in [1.54, 1.807) is 23.9 Å². The van der Waals surface area contributed by atoms with E-state index in [-0.39, 0.29) is 5.41 Å². The minimum absolute atomic E-state index is 0.00186. The van der Waals surface area contributed by atoms with Gasteiger partial charge in [0, 0.05) is 31.9 Å². The third-order valence-electron chi connectivity index (χ3n) is 4.47. The molecule has 0 aliphatic carbocycles. The maximum Gasteiger partial charge on any atom is 0.243 e. The van der Waals surface area contributed by atoms with Gasteiger partial charge in [0.05, 0.1) is 10.6 Å². The van der Waals surface area contributed by atoms with Gasteiger partial charge in [0.15, 0.2) is 0 Å². The number of sulfonamides is 1. The third-order valence-corrected chi connectivity index (χ3v) is 6.29. The minimum Gasteiger partial charge on any atom is -0.272 e. The highest BCUT2D eigenvalue weighted by atomic mass is 32.2. The van der Waals surface area contributed by atoms with Gasteiger partial charge in [-0.15, -0.1) is 0 Å². The lowest BCUT2D eigenvalue weighted by molar-refractivity contribution is 0.465. The van der Waals surface area contributed by atoms with Gasteiger partial charge < -0.3 is 0 Å². The Morgan fingerprint density at radius 1 is 1.12 bits per heavy atom. The lowest BCUT2D eigenvalue weighted by atomic mass is 9.87. The van der Waals surface area contributed by atoms with E-state index in [9.17, 15) is 8.42 Å². The number of nitrogens with zero attached hydrogens (tertiary/aromatic N) is 3. The smallest absolute Gasteiger partial charge is 0.243 e. The first-order valence-corrected chi connectivity index (χ1v) is 9.44. The quantitative estimate of drug-likeness (QED) is 0.852. The first kappa shape index (κ1) is 18.7. The van der Waals surface area contributed by atoms with Crippen molar-refractivity contribution in [1.29, 1.82) is 0 Å². The standard InChI is InChI=1S/C18H27N3O2S/c1-13-17(14(2)21(7)19-13)12-20(6)24(22,23)16-10-8-15(9-11-16)18(3,4)5/h8-11H,12H2,1-7H3. The monoisotopic (exact) mass is 349 g/mol. The van der Waals surface area contributed by atoms with Crippen LogP contribution in [0.2, 0.25) is 0 Å². The summed E-state index contributed by atoms with van der Waals surface area (Å²) >= 11 is 0. The van der Waals surface area contributed by atoms with E-state index in [4.69, 9.17) is 0 Å². The molecule has 0 aliphatic rings. The average molecular weight is 350 g/mol. The molecule has 0 atom stereocenters. The summed E-state index contributed by atoms with van der Waals surface area (Å²) in [5.74, 6) is 0. The fourth-order valence-electron chi connectivity index (χ4n) is 2.66. The van der Waals surface area contributed by atoms with Gasteiger partial charge in [0.2, 0.25) is 10.0 Å². The van der Waals surface area contributed by atoms with Crippen molar-refractivity contribution in [3.8, 4) is 0 Å². The van der Waals surface area contributed by atoms with Crippen LogP contribution in [0.15, 0.2) is 29.2 Å². The van der Waals surface area contributed by atoms with Gasteiger partial charge in [-0.1, -0.05) is 32.9 Å². The molecule has 0 bridgehead atoms. The number of hydrogen-bond acceptors (Lipinski definition) is 3. The van der Waals surface area contributed by atoms with Crippen LogP contribution in [-0.4, -0.2) is 29.6 Å². The van der Waals surface area contributed by atoms with E-state index in [0.717, 1.165) is 22.5 Å². The summed E-state index contributed by atoms with van der Waals surface area (Å²) in [6, 6.07) is 7.16. The first-order valence-electron chi connectivity index (χ1n) is 8.00. The molecule has 0 fully saturated rings. The lowest BCUT2D eigenvalue weighted by Crippen LogP contribution is -2.27. The molecule has 0 saturated heterocycles. The van der Waals surface area contributed by atoms with E-state index in [2.05, 4.69) is 25.9 Å². The van der Waals surface area contributed by atoms with Crippen molar-refractivity contribution in [1.82, 2.24) is 14.1 Å². The normalized spacial score (nSPS) is 12.8. The molecule has 0 radical (unpaired) electrons. The zero-order valence-corrected chi connectivity index (χ0v) is 16.4. The fourth-order valence-corrected chi connectivity index (χ4v) is 3.80. The highest BCUT2D eigenvalue weighted by molar-refractivity contribution is 7.89. The Morgan fingerprint density at radius 2 is 1.67 bits per heavy atom. The third kappa shape index (κ3) is 3.54. The second-order valence-electron chi connectivity index (χ2n) is 7.31. The molecule has 0 unspecified atom stereocenters. The molecule has 0 spiro atoms. The molecule has 132 valence electrons. The molecule has 0 aliphatic heterocycles. The van der Waals surface area contributed by atoms with E-state index in [1.165, 1.54) is 4.31 Å². The van der Waals surface area contributed by atoms with Crippen LogP contribution in [0, 0.1) is 13.8 Å². The zero-order chi connectivity index (χ0) is 18.3. The lowest BCUT2D eigenvalue weighted by Gasteiger charge is -2.21. The van der Waals surface area contributed by atoms with Crippen LogP contribution in [0.4, 0.5) is 0 Å². The summed E-state index contributed by atoms with van der Waals surface area (Å²) in [7, 11) is -0.0508. The van der Waals surface area contributed by atoms with Gasteiger partial charge in [-0.2, -0.15) is 9.40 Å². The highest BCUT2D eigenvalue weighted by Gasteiger charge is 2.24. The highest BCUT2D eigenvalue weighted by Crippen LogP contribution is 2.25. The van der Waals surface area contributed by atoms with Gasteiger partial charge in [0.1, 0.15) is 0 Å². The van der Waals surface area contributed by atoms with Crippen molar-refractivity contribution in [3.63, 3.8) is 0 Å². The van der Waals surface area contributed by atoms with Crippen molar-refractivity contribution < 1.29 is 8.42 Å². The number of aryl methyl sites for hydroxylation is 2. The summed E-state index contributed by atoms with van der Waals surface area (Å²) < 4.78 is 28.8. The zero-order valence-electron chi connectivity index (χ0n) is 15.6. The Kier molecular flexibility index (Phi) is 4.93. The van der Waals surface area contributed by atoms with E-state index in [0.29, 0.717) is 11.4 Å². The Balaban J connectivity index is 2.29. The maximum absolute atomic E-state index is 12.8. The molecule has 5 nitrogen and oxygen atoms in total. The number of aromatic nitrogens is 2. The summed E-state index contributed by atoms with van der Waals surface area (Å²) in [6.45, 7) is 10.5. The van der Waals surface area contributed by atoms with Crippen LogP contribution in [0.5, 0.6) is 0 Å². The maximum atomic E-state index is 12.8. The molecular formula is C18H27N3O2S. The second-order valence-corrected chi connectivity index (χ2v) is 9.35. The Bertz CT molecular complexity index is 828. The minimum atomic E-state index is -3.53. The van der Waals surface area contributed by atoms with Gasteiger partial charge in [0.25, 0.3) is 0 Å². The van der Waals surface area contributed by atoms with E-state index in [1.807, 2.05) is 33.0 Å². The van der Waals surface area contributed by atoms with Crippen molar-refractivity contribution in [2.75, 3.05) is 7.05 Å². The molecule has 0 N–H and O–H groups in total. The first-order chi connectivity index (χ1) is 10.9. The average Bonchev–Trinajstić information content (AvgIpc) is 2.73. The Labute approximate surface area is 145 Å². The second kappa shape index (κ2) is 6.33. The van der Waals surface area contributed by atoms with Crippen molar-refractivity contribution in [2.45, 2.75) is 51.5 Å². The summed E-state index contributed by atoms with van der Waals surface area (Å²) in [5.41, 5.74) is 3.91. The van der Waals surface area contributed by atoms with Crippen molar-refractivity contribution in [2.24, 2.45) is 7.05 Å². The van der Waals surface area contributed by atoms with Crippen LogP contribution in [0.1, 0.15) is 43.3 Å². The molecule has 0 amide bonds. The van der Waals surface area contributed by atoms with Crippen LogP contribution in [0.3, 0.4) is 0 Å². The topological polar surface area (TPSA) is 55.2 Å². The van der Waals surface area contributed by atoms with Gasteiger partial charge in [-0.25, -0.2) is 8.42 Å². The molecule has 0 saturated carbocycles. The molecule has 2 aromatic rings. The van der Waals surface area contributed by atoms with Crippen LogP contribution in [0.25, 0.3) is 0 Å². The largest absolute Gasteiger partial charge is 0.272 e. The summed E-state index contributed by atoms with van der Waals surface area (Å²) in [6.07, 6.45) is 0. The van der Waals surface area contributed by atoms with E-state index >= 15 is 0 Å². The predicted molar refractivity (Wildman–Crippen MR) is 96.5 cm³/mol. The van der Waals surface area contributed by atoms with Crippen molar-refractivity contribution in [3.05, 3.63) is 46.8 Å². The molecule has 1 aromatic carbocycles. The molecule has 1 aromatic heterocycles. The predicted octanol–water partition coefficient (Wildman–Crippen LogP) is 3.16. The SMILES string of the molecule is Cc1nn(C)c(C)c1CN(C)S(=O)(=O)c1ccc(C(C)(C)C)cc1. The van der Waals surface area contributed by atoms with Crippen LogP contribution >= 0.6 is 0 Å². The molecule has 1 heterocycles. The van der Waals surface area contributed by atoms with Crippen LogP contribution in [-0.2, 0) is 29.0 Å². The number of rotatable bonds is 4. The molecule has 2 rings (SSSR count). The molecule has 24 heavy (non-hydrogen) atoms. The number of hydrogen-bond donors (Lipinski definition) is 0.